The molecule has 1 aliphatic rings. The molecule has 148 valence electrons. The molecule has 2 amide bonds. The topological polar surface area (TPSA) is 95.6 Å². The van der Waals surface area contributed by atoms with E-state index < -0.39 is 33.6 Å². The lowest BCUT2D eigenvalue weighted by Crippen LogP contribution is -2.33. The van der Waals surface area contributed by atoms with Crippen LogP contribution >= 0.6 is 0 Å². The molecular weight excluding hydrogens is 385 g/mol. The number of likely N-dealkylation sites (N-methyl/N-ethyl adjacent to an activating group) is 1. The van der Waals surface area contributed by atoms with Crippen molar-refractivity contribution < 1.29 is 22.4 Å². The number of nitrogens with zero attached hydrogens (tertiary/aromatic N) is 1. The fourth-order valence-electron chi connectivity index (χ4n) is 3.28. The van der Waals surface area contributed by atoms with Gasteiger partial charge in [0.2, 0.25) is 21.8 Å². The standard InChI is InChI=1S/C19H20FN3O4S/c1-23-11-14(12-7-9-13(10-8-12)22-28(2,26)27)17(19(23)25)18(24)21-16-6-4-3-5-15(16)20/h3-10,14,17,22H,11H2,1-2H3,(H,21,24)/t14-,17+/m0/s1. The molecule has 0 unspecified atom stereocenters. The van der Waals surface area contributed by atoms with Crippen LogP contribution in [0.1, 0.15) is 11.5 Å². The predicted octanol–water partition coefficient (Wildman–Crippen LogP) is 2.01. The van der Waals surface area contributed by atoms with Crippen LogP contribution in [0, 0.1) is 11.7 Å². The zero-order valence-corrected chi connectivity index (χ0v) is 16.2. The SMILES string of the molecule is CN1C[C@@H](c2ccc(NS(C)(=O)=O)cc2)[C@H](C(=O)Nc2ccccc2F)C1=O. The summed E-state index contributed by atoms with van der Waals surface area (Å²) >= 11 is 0. The van der Waals surface area contributed by atoms with Crippen LogP contribution in [0.5, 0.6) is 0 Å². The number of carbonyl (C=O) groups is 2. The number of carbonyl (C=O) groups excluding carboxylic acids is 2. The van der Waals surface area contributed by atoms with Gasteiger partial charge in [-0.25, -0.2) is 12.8 Å². The molecule has 9 heteroatoms. The van der Waals surface area contributed by atoms with E-state index in [2.05, 4.69) is 10.0 Å². The minimum Gasteiger partial charge on any atom is -0.344 e. The van der Waals surface area contributed by atoms with E-state index in [0.717, 1.165) is 6.26 Å². The molecular formula is C19H20FN3O4S. The molecule has 2 atom stereocenters. The van der Waals surface area contributed by atoms with Crippen LogP contribution in [-0.4, -0.2) is 45.0 Å². The summed E-state index contributed by atoms with van der Waals surface area (Å²) < 4.78 is 38.9. The first kappa shape index (κ1) is 19.8. The van der Waals surface area contributed by atoms with Crippen LogP contribution in [0.4, 0.5) is 15.8 Å². The molecule has 0 aliphatic carbocycles. The van der Waals surface area contributed by atoms with Crippen molar-refractivity contribution >= 4 is 33.2 Å². The quantitative estimate of drug-likeness (QED) is 0.744. The van der Waals surface area contributed by atoms with Gasteiger partial charge in [0.1, 0.15) is 11.7 Å². The van der Waals surface area contributed by atoms with Crippen molar-refractivity contribution in [3.8, 4) is 0 Å². The van der Waals surface area contributed by atoms with Gasteiger partial charge in [-0.1, -0.05) is 24.3 Å². The molecule has 2 aromatic rings. The summed E-state index contributed by atoms with van der Waals surface area (Å²) in [5.41, 5.74) is 1.11. The Morgan fingerprint density at radius 1 is 1.14 bits per heavy atom. The fourth-order valence-corrected chi connectivity index (χ4v) is 3.84. The van der Waals surface area contributed by atoms with Gasteiger partial charge in [0.15, 0.2) is 0 Å². The van der Waals surface area contributed by atoms with Gasteiger partial charge in [0.05, 0.1) is 11.9 Å². The normalized spacial score (nSPS) is 19.5. The van der Waals surface area contributed by atoms with Crippen LogP contribution in [0.3, 0.4) is 0 Å². The molecule has 1 saturated heterocycles. The number of nitrogens with one attached hydrogen (secondary N) is 2. The fraction of sp³-hybridized carbons (Fsp3) is 0.263. The molecule has 0 spiro atoms. The Bertz CT molecular complexity index is 1010. The van der Waals surface area contributed by atoms with Gasteiger partial charge in [-0.2, -0.15) is 0 Å². The third-order valence-corrected chi connectivity index (χ3v) is 5.18. The van der Waals surface area contributed by atoms with Crippen molar-refractivity contribution in [1.82, 2.24) is 4.90 Å². The Morgan fingerprint density at radius 3 is 2.39 bits per heavy atom. The minimum absolute atomic E-state index is 0.0151. The highest BCUT2D eigenvalue weighted by Crippen LogP contribution is 2.34. The molecule has 3 rings (SSSR count). The summed E-state index contributed by atoms with van der Waals surface area (Å²) in [6.07, 6.45) is 1.05. The molecule has 1 heterocycles. The monoisotopic (exact) mass is 405 g/mol. The van der Waals surface area contributed by atoms with Gasteiger partial charge in [0.25, 0.3) is 0 Å². The number of anilines is 2. The number of likely N-dealkylation sites (tertiary alicyclic amines) is 1. The van der Waals surface area contributed by atoms with Crippen LogP contribution in [0.15, 0.2) is 48.5 Å². The predicted molar refractivity (Wildman–Crippen MR) is 104 cm³/mol. The van der Waals surface area contributed by atoms with Gasteiger partial charge in [0, 0.05) is 25.2 Å². The van der Waals surface area contributed by atoms with Crippen molar-refractivity contribution in [2.75, 3.05) is 29.9 Å². The Morgan fingerprint density at radius 2 is 1.79 bits per heavy atom. The van der Waals surface area contributed by atoms with Gasteiger partial charge in [-0.3, -0.25) is 14.3 Å². The second-order valence-electron chi connectivity index (χ2n) is 6.77. The maximum Gasteiger partial charge on any atom is 0.237 e. The Labute approximate surface area is 162 Å². The third-order valence-electron chi connectivity index (χ3n) is 4.57. The average Bonchev–Trinajstić information content (AvgIpc) is 2.91. The lowest BCUT2D eigenvalue weighted by molar-refractivity contribution is -0.135. The summed E-state index contributed by atoms with van der Waals surface area (Å²) in [5.74, 6) is -2.95. The third kappa shape index (κ3) is 4.30. The van der Waals surface area contributed by atoms with E-state index in [4.69, 9.17) is 0 Å². The lowest BCUT2D eigenvalue weighted by Gasteiger charge is -2.17. The van der Waals surface area contributed by atoms with Crippen LogP contribution < -0.4 is 10.0 Å². The minimum atomic E-state index is -3.40. The molecule has 2 aromatic carbocycles. The molecule has 2 N–H and O–H groups in total. The van der Waals surface area contributed by atoms with Crippen molar-refractivity contribution in [3.05, 3.63) is 59.9 Å². The summed E-state index contributed by atoms with van der Waals surface area (Å²) in [4.78, 5) is 26.7. The molecule has 0 saturated carbocycles. The molecule has 7 nitrogen and oxygen atoms in total. The first-order valence-corrected chi connectivity index (χ1v) is 10.4. The molecule has 0 bridgehead atoms. The number of para-hydroxylation sites is 1. The highest BCUT2D eigenvalue weighted by atomic mass is 32.2. The molecule has 0 radical (unpaired) electrons. The zero-order valence-electron chi connectivity index (χ0n) is 15.3. The Hall–Kier alpha value is -2.94. The number of amides is 2. The van der Waals surface area contributed by atoms with E-state index in [-0.39, 0.29) is 11.6 Å². The number of hydrogen-bond acceptors (Lipinski definition) is 4. The van der Waals surface area contributed by atoms with Crippen molar-refractivity contribution in [3.63, 3.8) is 0 Å². The van der Waals surface area contributed by atoms with Crippen molar-refractivity contribution in [2.24, 2.45) is 5.92 Å². The van der Waals surface area contributed by atoms with E-state index in [1.54, 1.807) is 37.4 Å². The van der Waals surface area contributed by atoms with Crippen LogP contribution in [-0.2, 0) is 19.6 Å². The highest BCUT2D eigenvalue weighted by molar-refractivity contribution is 7.92. The second kappa shape index (κ2) is 7.59. The number of rotatable bonds is 5. The van der Waals surface area contributed by atoms with Gasteiger partial charge >= 0.3 is 0 Å². The summed E-state index contributed by atoms with van der Waals surface area (Å²) in [5, 5.41) is 2.49. The molecule has 1 aliphatic heterocycles. The molecule has 0 aromatic heterocycles. The maximum absolute atomic E-state index is 13.8. The summed E-state index contributed by atoms with van der Waals surface area (Å²) in [6, 6.07) is 12.2. The Balaban J connectivity index is 1.84. The Kier molecular flexibility index (Phi) is 5.37. The van der Waals surface area contributed by atoms with Gasteiger partial charge < -0.3 is 10.2 Å². The number of halogens is 1. The van der Waals surface area contributed by atoms with E-state index in [9.17, 15) is 22.4 Å². The first-order chi connectivity index (χ1) is 13.2. The van der Waals surface area contributed by atoms with E-state index in [1.165, 1.54) is 23.1 Å². The smallest absolute Gasteiger partial charge is 0.237 e. The number of benzene rings is 2. The molecule has 28 heavy (non-hydrogen) atoms. The van der Waals surface area contributed by atoms with Gasteiger partial charge in [-0.05, 0) is 29.8 Å². The van der Waals surface area contributed by atoms with Crippen LogP contribution in [0.2, 0.25) is 0 Å². The van der Waals surface area contributed by atoms with Crippen molar-refractivity contribution in [1.29, 1.82) is 0 Å². The van der Waals surface area contributed by atoms with E-state index >= 15 is 0 Å². The largest absolute Gasteiger partial charge is 0.344 e. The van der Waals surface area contributed by atoms with E-state index in [1.807, 2.05) is 0 Å². The van der Waals surface area contributed by atoms with Crippen molar-refractivity contribution in [2.45, 2.75) is 5.92 Å². The van der Waals surface area contributed by atoms with Crippen LogP contribution in [0.25, 0.3) is 0 Å². The summed E-state index contributed by atoms with van der Waals surface area (Å²) in [7, 11) is -1.80. The van der Waals surface area contributed by atoms with Gasteiger partial charge in [-0.15, -0.1) is 0 Å². The number of hydrogen-bond donors (Lipinski definition) is 2. The second-order valence-corrected chi connectivity index (χ2v) is 8.52. The lowest BCUT2D eigenvalue weighted by atomic mass is 9.87. The maximum atomic E-state index is 13.8. The average molecular weight is 405 g/mol. The summed E-state index contributed by atoms with van der Waals surface area (Å²) in [6.45, 7) is 0.326. The number of sulfonamides is 1. The highest BCUT2D eigenvalue weighted by Gasteiger charge is 2.44. The first-order valence-electron chi connectivity index (χ1n) is 8.54. The van der Waals surface area contributed by atoms with E-state index in [0.29, 0.717) is 17.8 Å². The molecule has 1 fully saturated rings. The zero-order chi connectivity index (χ0) is 20.5.